The Kier molecular flexibility index (Phi) is 6.00. The van der Waals surface area contributed by atoms with Crippen molar-refractivity contribution >= 4 is 23.7 Å². The van der Waals surface area contributed by atoms with Crippen LogP contribution >= 0.6 is 11.8 Å². The Hall–Kier alpha value is -1.17. The number of carbonyl (C=O) groups is 2. The van der Waals surface area contributed by atoms with Crippen LogP contribution in [0.5, 0.6) is 0 Å². The first kappa shape index (κ1) is 19.2. The fourth-order valence-corrected chi connectivity index (χ4v) is 6.86. The van der Waals surface area contributed by atoms with Crippen LogP contribution in [0.3, 0.4) is 0 Å². The highest BCUT2D eigenvalue weighted by Crippen LogP contribution is 2.41. The van der Waals surface area contributed by atoms with Gasteiger partial charge in [0.15, 0.2) is 0 Å². The van der Waals surface area contributed by atoms with Crippen LogP contribution in [0.4, 0.5) is 4.79 Å². The van der Waals surface area contributed by atoms with Gasteiger partial charge in [-0.1, -0.05) is 18.9 Å². The molecule has 0 bridgehead atoms. The molecule has 3 heterocycles. The minimum atomic E-state index is 0.0293. The molecule has 1 N–H and O–H groups in total. The predicted octanol–water partition coefficient (Wildman–Crippen LogP) is 3.47. The lowest BCUT2D eigenvalue weighted by Crippen LogP contribution is -2.51. The van der Waals surface area contributed by atoms with Gasteiger partial charge in [-0.05, 0) is 55.3 Å². The Morgan fingerprint density at radius 1 is 1.04 bits per heavy atom. The lowest BCUT2D eigenvalue weighted by molar-refractivity contribution is -0.139. The summed E-state index contributed by atoms with van der Waals surface area (Å²) in [6.45, 7) is 2.60. The Labute approximate surface area is 167 Å². The highest BCUT2D eigenvalue weighted by Gasteiger charge is 2.39. The van der Waals surface area contributed by atoms with Gasteiger partial charge in [0.05, 0.1) is 5.92 Å². The molecular formula is C21H33N3O2S. The van der Waals surface area contributed by atoms with Crippen molar-refractivity contribution in [1.82, 2.24) is 15.1 Å². The standard InChI is InChI=1S/C21H33N3O2S/c1-22-21(26)23-11-8-16(9-12-23)19-13-17(14-27-19)20(25)24-10-4-6-15-5-2-3-7-18(15)24/h13,15-18H,2-12,14H2,1H3,(H,22,26). The molecule has 27 heavy (non-hydrogen) atoms. The third kappa shape index (κ3) is 4.01. The number of fused-ring (bicyclic) bond motifs is 1. The molecule has 3 unspecified atom stereocenters. The van der Waals surface area contributed by atoms with Crippen molar-refractivity contribution in [3.8, 4) is 0 Å². The van der Waals surface area contributed by atoms with E-state index in [1.54, 1.807) is 7.05 Å². The molecule has 150 valence electrons. The topological polar surface area (TPSA) is 52.7 Å². The van der Waals surface area contributed by atoms with E-state index in [-0.39, 0.29) is 11.9 Å². The van der Waals surface area contributed by atoms with E-state index >= 15 is 0 Å². The van der Waals surface area contributed by atoms with Gasteiger partial charge in [-0.15, -0.1) is 11.8 Å². The Balaban J connectivity index is 1.36. The van der Waals surface area contributed by atoms with Crippen molar-refractivity contribution in [2.75, 3.05) is 32.4 Å². The van der Waals surface area contributed by atoms with E-state index in [4.69, 9.17) is 0 Å². The molecule has 4 rings (SSSR count). The quantitative estimate of drug-likeness (QED) is 0.784. The Bertz CT molecular complexity index is 598. The van der Waals surface area contributed by atoms with E-state index in [2.05, 4.69) is 16.3 Å². The molecule has 6 heteroatoms. The van der Waals surface area contributed by atoms with Crippen molar-refractivity contribution in [2.45, 2.75) is 57.4 Å². The summed E-state index contributed by atoms with van der Waals surface area (Å²) < 4.78 is 0. The van der Waals surface area contributed by atoms with Crippen LogP contribution < -0.4 is 5.32 Å². The number of likely N-dealkylation sites (tertiary alicyclic amines) is 2. The molecule has 0 spiro atoms. The molecule has 4 aliphatic rings. The second kappa shape index (κ2) is 8.46. The molecule has 1 saturated carbocycles. The monoisotopic (exact) mass is 391 g/mol. The molecule has 2 saturated heterocycles. The van der Waals surface area contributed by atoms with Crippen LogP contribution in [0.2, 0.25) is 0 Å². The van der Waals surface area contributed by atoms with Gasteiger partial charge in [0.2, 0.25) is 5.91 Å². The molecule has 3 aliphatic heterocycles. The summed E-state index contributed by atoms with van der Waals surface area (Å²) in [4.78, 5) is 30.6. The summed E-state index contributed by atoms with van der Waals surface area (Å²) in [5.41, 5.74) is 0. The van der Waals surface area contributed by atoms with Crippen LogP contribution in [0.25, 0.3) is 0 Å². The van der Waals surface area contributed by atoms with E-state index in [1.807, 2.05) is 16.7 Å². The molecular weight excluding hydrogens is 358 g/mol. The summed E-state index contributed by atoms with van der Waals surface area (Å²) in [5.74, 6) is 2.65. The molecule has 3 atom stereocenters. The van der Waals surface area contributed by atoms with E-state index in [1.165, 1.54) is 43.4 Å². The third-order valence-electron chi connectivity index (χ3n) is 7.04. The van der Waals surface area contributed by atoms with Crippen LogP contribution in [0.1, 0.15) is 51.4 Å². The van der Waals surface area contributed by atoms with Crippen molar-refractivity contribution in [3.63, 3.8) is 0 Å². The zero-order chi connectivity index (χ0) is 18.8. The maximum absolute atomic E-state index is 13.3. The second-order valence-corrected chi connectivity index (χ2v) is 9.68. The SMILES string of the molecule is CNC(=O)N1CCC(C2=CC(C(=O)N3CCCC4CCCCC43)CS2)CC1. The minimum Gasteiger partial charge on any atom is -0.341 e. The molecule has 0 aromatic rings. The van der Waals surface area contributed by atoms with E-state index in [0.29, 0.717) is 17.9 Å². The summed E-state index contributed by atoms with van der Waals surface area (Å²) in [5, 5.41) is 2.72. The van der Waals surface area contributed by atoms with E-state index < -0.39 is 0 Å². The Morgan fingerprint density at radius 2 is 1.78 bits per heavy atom. The molecule has 0 aromatic carbocycles. The number of carbonyl (C=O) groups excluding carboxylic acids is 2. The van der Waals surface area contributed by atoms with Crippen LogP contribution in [-0.4, -0.2) is 60.2 Å². The van der Waals surface area contributed by atoms with Gasteiger partial charge in [-0.3, -0.25) is 4.79 Å². The molecule has 1 aliphatic carbocycles. The average Bonchev–Trinajstić information content (AvgIpc) is 3.22. The van der Waals surface area contributed by atoms with Crippen LogP contribution in [0, 0.1) is 17.8 Å². The van der Waals surface area contributed by atoms with Gasteiger partial charge < -0.3 is 15.1 Å². The van der Waals surface area contributed by atoms with Crippen molar-refractivity contribution in [3.05, 3.63) is 11.0 Å². The number of nitrogens with zero attached hydrogens (tertiary/aromatic N) is 2. The molecule has 3 amide bonds. The minimum absolute atomic E-state index is 0.0293. The zero-order valence-corrected chi connectivity index (χ0v) is 17.3. The van der Waals surface area contributed by atoms with Crippen molar-refractivity contribution < 1.29 is 9.59 Å². The number of hydrogen-bond acceptors (Lipinski definition) is 3. The molecule has 0 radical (unpaired) electrons. The number of urea groups is 1. The summed E-state index contributed by atoms with van der Waals surface area (Å²) in [6, 6.07) is 0.542. The number of piperidine rings is 2. The summed E-state index contributed by atoms with van der Waals surface area (Å²) in [7, 11) is 1.69. The average molecular weight is 392 g/mol. The number of hydrogen-bond donors (Lipinski definition) is 1. The van der Waals surface area contributed by atoms with Gasteiger partial charge in [-0.2, -0.15) is 0 Å². The summed E-state index contributed by atoms with van der Waals surface area (Å²) >= 11 is 1.89. The lowest BCUT2D eigenvalue weighted by Gasteiger charge is -2.44. The van der Waals surface area contributed by atoms with Gasteiger partial charge >= 0.3 is 6.03 Å². The molecule has 0 aromatic heterocycles. The molecule has 3 fully saturated rings. The number of thioether (sulfide) groups is 1. The van der Waals surface area contributed by atoms with Gasteiger partial charge in [0, 0.05) is 38.5 Å². The second-order valence-electron chi connectivity index (χ2n) is 8.59. The smallest absolute Gasteiger partial charge is 0.317 e. The maximum Gasteiger partial charge on any atom is 0.317 e. The highest BCUT2D eigenvalue weighted by molar-refractivity contribution is 8.03. The number of rotatable bonds is 2. The van der Waals surface area contributed by atoms with Gasteiger partial charge in [0.1, 0.15) is 0 Å². The van der Waals surface area contributed by atoms with Crippen molar-refractivity contribution in [1.29, 1.82) is 0 Å². The van der Waals surface area contributed by atoms with Crippen LogP contribution in [0.15, 0.2) is 11.0 Å². The van der Waals surface area contributed by atoms with Crippen molar-refractivity contribution in [2.24, 2.45) is 17.8 Å². The number of allylic oxidation sites excluding steroid dienone is 1. The lowest BCUT2D eigenvalue weighted by atomic mass is 9.78. The first-order chi connectivity index (χ1) is 13.2. The number of amides is 3. The Morgan fingerprint density at radius 3 is 2.56 bits per heavy atom. The largest absolute Gasteiger partial charge is 0.341 e. The normalized spacial score (nSPS) is 32.0. The first-order valence-corrected chi connectivity index (χ1v) is 11.8. The molecule has 5 nitrogen and oxygen atoms in total. The van der Waals surface area contributed by atoms with Gasteiger partial charge in [0.25, 0.3) is 0 Å². The summed E-state index contributed by atoms with van der Waals surface area (Å²) in [6.07, 6.45) is 12.0. The fourth-order valence-electron chi connectivity index (χ4n) is 5.51. The van der Waals surface area contributed by atoms with E-state index in [9.17, 15) is 9.59 Å². The number of nitrogens with one attached hydrogen (secondary N) is 1. The maximum atomic E-state index is 13.3. The predicted molar refractivity (Wildman–Crippen MR) is 109 cm³/mol. The third-order valence-corrected chi connectivity index (χ3v) is 8.37. The fraction of sp³-hybridized carbons (Fsp3) is 0.810. The highest BCUT2D eigenvalue weighted by atomic mass is 32.2. The van der Waals surface area contributed by atoms with Gasteiger partial charge in [-0.25, -0.2) is 4.79 Å². The zero-order valence-electron chi connectivity index (χ0n) is 16.5. The van der Waals surface area contributed by atoms with E-state index in [0.717, 1.165) is 44.1 Å². The van der Waals surface area contributed by atoms with Crippen LogP contribution in [-0.2, 0) is 4.79 Å². The first-order valence-electron chi connectivity index (χ1n) is 10.8.